The number of benzene rings is 2. The maximum atomic E-state index is 16.0. The molecule has 6 atom stereocenters. The molecule has 9 rings (SSSR count). The summed E-state index contributed by atoms with van der Waals surface area (Å²) in [5, 5.41) is 27.7. The van der Waals surface area contributed by atoms with E-state index in [4.69, 9.17) is 58.1 Å². The van der Waals surface area contributed by atoms with Gasteiger partial charge in [-0.3, -0.25) is 52.8 Å². The number of carbonyl (C=O) groups is 10. The van der Waals surface area contributed by atoms with Crippen molar-refractivity contribution in [1.82, 2.24) is 46.4 Å². The number of halogens is 1. The molecule has 0 radical (unpaired) electrons. The highest BCUT2D eigenvalue weighted by molar-refractivity contribution is 6.12. The van der Waals surface area contributed by atoms with Gasteiger partial charge in [-0.1, -0.05) is 43.7 Å². The molecule has 4 unspecified atom stereocenters. The highest BCUT2D eigenvalue weighted by Gasteiger charge is 2.47. The Labute approximate surface area is 624 Å². The van der Waals surface area contributed by atoms with Gasteiger partial charge in [0.1, 0.15) is 31.8 Å². The number of fused-ring (bicyclic) bond motifs is 5. The molecule has 108 heavy (non-hydrogen) atoms. The van der Waals surface area contributed by atoms with Gasteiger partial charge >= 0.3 is 5.97 Å². The largest absolute Gasteiger partial charge is 0.458 e. The highest BCUT2D eigenvalue weighted by Crippen LogP contribution is 2.48. The Kier molecular flexibility index (Phi) is 32.3. The molecule has 0 saturated heterocycles. The van der Waals surface area contributed by atoms with Crippen LogP contribution in [0.3, 0.4) is 0 Å². The molecule has 2 aliphatic carbocycles. The number of hydrogen-bond donors (Lipinski definition) is 8. The van der Waals surface area contributed by atoms with Crippen molar-refractivity contribution < 1.29 is 105 Å². The van der Waals surface area contributed by atoms with Crippen LogP contribution < -0.4 is 43.2 Å². The summed E-state index contributed by atoms with van der Waals surface area (Å²) in [5.74, 6) is -6.88. The first kappa shape index (κ1) is 83.0. The maximum Gasteiger partial charge on any atom is 0.343 e. The average molecular weight is 1510 g/mol. The van der Waals surface area contributed by atoms with Crippen LogP contribution >= 0.6 is 0 Å². The predicted molar refractivity (Wildman–Crippen MR) is 383 cm³/mol. The summed E-state index contributed by atoms with van der Waals surface area (Å²) in [5.41, 5.74) is 8.65. The van der Waals surface area contributed by atoms with E-state index in [1.54, 1.807) is 54.8 Å². The number of aromatic nitrogens is 2. The van der Waals surface area contributed by atoms with Gasteiger partial charge in [-0.05, 0) is 98.4 Å². The second kappa shape index (κ2) is 42.1. The molecule has 1 fully saturated rings. The van der Waals surface area contributed by atoms with E-state index < -0.39 is 96.1 Å². The maximum absolute atomic E-state index is 16.0. The van der Waals surface area contributed by atoms with Gasteiger partial charge < -0.3 is 94.7 Å². The summed E-state index contributed by atoms with van der Waals surface area (Å²) >= 11 is 0. The lowest BCUT2D eigenvalue weighted by molar-refractivity contribution is -0.172. The van der Waals surface area contributed by atoms with Crippen molar-refractivity contribution in [2.24, 2.45) is 23.5 Å². The number of cyclic esters (lactones) is 1. The van der Waals surface area contributed by atoms with Crippen molar-refractivity contribution in [3.8, 4) is 11.4 Å². The van der Waals surface area contributed by atoms with Gasteiger partial charge in [-0.2, -0.15) is 0 Å². The predicted octanol–water partition coefficient (Wildman–Crippen LogP) is 0.413. The van der Waals surface area contributed by atoms with Gasteiger partial charge in [0, 0.05) is 66.6 Å². The fourth-order valence-electron chi connectivity index (χ4n) is 13.9. The Morgan fingerprint density at radius 3 is 1.91 bits per heavy atom. The Hall–Kier alpha value is -9.03. The summed E-state index contributed by atoms with van der Waals surface area (Å²) in [6, 6.07) is 10.7. The zero-order valence-corrected chi connectivity index (χ0v) is 61.1. The standard InChI is InChI=1S/C75H99FN10O22/c1-3-75(98)57-38-61-70-55(43-86(61)73(96)56(57)44-107-74(75)97)54-36-49(35-52-47(2)58(76)39-59(84-70)69(52)54)53-37-50(13-14-51(53)71(77)94)108-46-82-64(89)41-81-72(95)60(34-48-10-6-4-7-11-48)83-65(90)42-79-63(88)40-80-66(91)45-106-33-32-105-31-30-104-29-28-103-27-26-102-25-24-101-23-22-100-21-20-99-19-17-78-62(87)12-8-5-9-18-85-67(92)15-16-68(85)93/h4,6-7,10-11,15-16,38-39,49-51,53,60,98H,3,5,8-9,12-14,17-37,40-46H2,1-2H3,(H2,77,94)(H,78,87)(H,79,88)(H,80,91)(H,81,95)(H,82,89)(H,83,90)/t49?,50?,51?,53?,60-,75-/m0/s1. The molecule has 2 aromatic heterocycles. The smallest absolute Gasteiger partial charge is 0.343 e. The molecule has 9 N–H and O–H groups in total. The number of pyridine rings is 2. The van der Waals surface area contributed by atoms with Gasteiger partial charge in [0.2, 0.25) is 41.4 Å². The third-order valence-electron chi connectivity index (χ3n) is 19.6. The quantitative estimate of drug-likeness (QED) is 0.0113. The Balaban J connectivity index is 0.579. The molecule has 5 aliphatic rings. The SMILES string of the molecule is CC[C@@]1(O)C(=O)OCc2c1cc1n(c2=O)Cc2c-1nc1cc(F)c(C)c3c1c2CC(C1CC(OCNC(=O)CNC(=O)[C@H](Cc2ccccc2)NC(=O)CNC(=O)CNC(=O)COCCOCCOCCOCCOCCOCCOCCOCCNC(=O)CCCCCN2C(=O)C=CC2=O)CCC1C(N)=O)C3. The molecule has 9 amide bonds. The summed E-state index contributed by atoms with van der Waals surface area (Å²) in [7, 11) is 0. The number of ether oxygens (including phenoxy) is 10. The van der Waals surface area contributed by atoms with Crippen LogP contribution in [0, 0.1) is 30.5 Å². The van der Waals surface area contributed by atoms with Gasteiger partial charge in [-0.15, -0.1) is 0 Å². The number of nitrogens with one attached hydrogen (secondary N) is 6. The fourth-order valence-corrected chi connectivity index (χ4v) is 13.9. The molecule has 3 aliphatic heterocycles. The molecular formula is C75H99FN10O22. The highest BCUT2D eigenvalue weighted by atomic mass is 19.1. The molecule has 0 spiro atoms. The van der Waals surface area contributed by atoms with Gasteiger partial charge in [-0.25, -0.2) is 14.2 Å². The number of carbonyl (C=O) groups excluding carboxylic acids is 10. The van der Waals surface area contributed by atoms with Crippen LogP contribution in [-0.2, 0) is 133 Å². The lowest BCUT2D eigenvalue weighted by Crippen LogP contribution is -2.52. The Morgan fingerprint density at radius 2 is 1.27 bits per heavy atom. The average Bonchev–Trinajstić information content (AvgIpc) is 1.41. The number of esters is 1. The van der Waals surface area contributed by atoms with Crippen LogP contribution in [-0.4, -0.2) is 236 Å². The normalized spacial score (nSPS) is 18.6. The van der Waals surface area contributed by atoms with E-state index >= 15 is 4.39 Å². The molecule has 4 aromatic rings. The van der Waals surface area contributed by atoms with Crippen molar-refractivity contribution in [2.75, 3.05) is 145 Å². The molecule has 32 nitrogen and oxygen atoms in total. The number of imide groups is 1. The molecular weight excluding hydrogens is 1410 g/mol. The van der Waals surface area contributed by atoms with Crippen LogP contribution in [0.5, 0.6) is 0 Å². The monoisotopic (exact) mass is 1510 g/mol. The topological polar surface area (TPSA) is 420 Å². The van der Waals surface area contributed by atoms with Crippen molar-refractivity contribution in [1.29, 1.82) is 0 Å². The number of rotatable bonds is 48. The molecule has 2 aromatic carbocycles. The third kappa shape index (κ3) is 23.5. The zero-order chi connectivity index (χ0) is 77.0. The first-order chi connectivity index (χ1) is 52.2. The van der Waals surface area contributed by atoms with E-state index in [0.717, 1.165) is 28.5 Å². The fraction of sp³-hybridized carbons (Fsp3) is 0.573. The molecule has 0 bridgehead atoms. The number of amides is 9. The van der Waals surface area contributed by atoms with Gasteiger partial charge in [0.25, 0.3) is 17.4 Å². The van der Waals surface area contributed by atoms with Gasteiger partial charge in [0.05, 0.1) is 154 Å². The molecule has 5 heterocycles. The van der Waals surface area contributed by atoms with Crippen molar-refractivity contribution in [3.63, 3.8) is 0 Å². The Morgan fingerprint density at radius 1 is 0.676 bits per heavy atom. The first-order valence-corrected chi connectivity index (χ1v) is 36.8. The summed E-state index contributed by atoms with van der Waals surface area (Å²) in [4.78, 5) is 146. The zero-order valence-electron chi connectivity index (χ0n) is 61.1. The number of nitrogens with two attached hydrogens (primary N) is 1. The Bertz CT molecular complexity index is 3900. The first-order valence-electron chi connectivity index (χ1n) is 36.8. The number of primary amides is 1. The molecule has 1 saturated carbocycles. The van der Waals surface area contributed by atoms with Gasteiger partial charge in [0.15, 0.2) is 5.60 Å². The summed E-state index contributed by atoms with van der Waals surface area (Å²) < 4.78 is 72.7. The minimum atomic E-state index is -2.04. The lowest BCUT2D eigenvalue weighted by atomic mass is 9.65. The van der Waals surface area contributed by atoms with Crippen molar-refractivity contribution >= 4 is 70.0 Å². The number of unbranched alkanes of at least 4 members (excludes halogenated alkanes) is 2. The van der Waals surface area contributed by atoms with Crippen molar-refractivity contribution in [2.45, 2.75) is 115 Å². The van der Waals surface area contributed by atoms with E-state index in [2.05, 4.69) is 31.9 Å². The van der Waals surface area contributed by atoms with Crippen LogP contribution in [0.1, 0.15) is 97.2 Å². The van der Waals surface area contributed by atoms with Crippen LogP contribution in [0.4, 0.5) is 4.39 Å². The van der Waals surface area contributed by atoms with E-state index in [0.29, 0.717) is 172 Å². The van der Waals surface area contributed by atoms with Crippen LogP contribution in [0.15, 0.2) is 59.4 Å². The second-order valence-electron chi connectivity index (χ2n) is 26.8. The minimum Gasteiger partial charge on any atom is -0.458 e. The third-order valence-corrected chi connectivity index (χ3v) is 19.6. The summed E-state index contributed by atoms with van der Waals surface area (Å²) in [6.07, 6.45) is 6.54. The van der Waals surface area contributed by atoms with E-state index in [9.17, 15) is 57.8 Å². The second-order valence-corrected chi connectivity index (χ2v) is 26.8. The molecule has 33 heteroatoms. The number of nitrogens with zero attached hydrogens (tertiary/aromatic N) is 3. The summed E-state index contributed by atoms with van der Waals surface area (Å²) in [6.45, 7) is 6.88. The van der Waals surface area contributed by atoms with E-state index in [1.807, 2.05) is 0 Å². The van der Waals surface area contributed by atoms with Crippen LogP contribution in [0.25, 0.3) is 22.3 Å². The minimum absolute atomic E-state index is 0.0361. The van der Waals surface area contributed by atoms with Crippen molar-refractivity contribution in [3.05, 3.63) is 110 Å². The van der Waals surface area contributed by atoms with E-state index in [1.165, 1.54) is 23.1 Å². The lowest BCUT2D eigenvalue weighted by Gasteiger charge is -2.41. The van der Waals surface area contributed by atoms with E-state index in [-0.39, 0.29) is 99.8 Å². The number of hydrogen-bond acceptors (Lipinski definition) is 23. The number of aliphatic hydroxyl groups is 1. The van der Waals surface area contributed by atoms with Crippen LogP contribution in [0.2, 0.25) is 0 Å². The molecule has 588 valence electrons.